The number of hydrogen-bond acceptors (Lipinski definition) is 8. The summed E-state index contributed by atoms with van der Waals surface area (Å²) in [5, 5.41) is 0. The number of esters is 2. The smallest absolute Gasteiger partial charge is 0.462 e. The molecule has 47 heavy (non-hydrogen) atoms. The van der Waals surface area contributed by atoms with Gasteiger partial charge in [-0.3, -0.25) is 18.6 Å². The predicted octanol–water partition coefficient (Wildman–Crippen LogP) is 10.3. The fourth-order valence-electron chi connectivity index (χ4n) is 5.28. The summed E-state index contributed by atoms with van der Waals surface area (Å²) in [5.74, 6) is -0.834. The van der Waals surface area contributed by atoms with Gasteiger partial charge in [-0.05, 0) is 38.5 Å². The van der Waals surface area contributed by atoms with Crippen molar-refractivity contribution in [3.8, 4) is 0 Å². The number of carbonyl (C=O) groups is 2. The van der Waals surface area contributed by atoms with E-state index < -0.39 is 26.5 Å². The lowest BCUT2D eigenvalue weighted by atomic mass is 10.0. The third-order valence-corrected chi connectivity index (χ3v) is 9.14. The van der Waals surface area contributed by atoms with Crippen molar-refractivity contribution in [2.75, 3.05) is 26.4 Å². The zero-order valence-corrected chi connectivity index (χ0v) is 31.2. The van der Waals surface area contributed by atoms with Gasteiger partial charge in [0.15, 0.2) is 6.10 Å². The second-order valence-corrected chi connectivity index (χ2v) is 14.3. The highest BCUT2D eigenvalue weighted by Gasteiger charge is 2.25. The molecule has 0 aliphatic carbocycles. The number of unbranched alkanes of at least 4 members (excludes halogenated alkanes) is 21. The molecule has 0 aromatic heterocycles. The molecule has 0 amide bonds. The first kappa shape index (κ1) is 45.8. The first-order valence-corrected chi connectivity index (χ1v) is 20.7. The molecule has 9 nitrogen and oxygen atoms in total. The number of phosphoric acid groups is 1. The molecule has 10 heteroatoms. The number of ether oxygens (including phenoxy) is 2. The maximum atomic E-state index is 12.5. The van der Waals surface area contributed by atoms with E-state index in [0.717, 1.165) is 51.4 Å². The van der Waals surface area contributed by atoms with Crippen molar-refractivity contribution in [2.24, 2.45) is 5.73 Å². The van der Waals surface area contributed by atoms with E-state index in [1.807, 2.05) is 0 Å². The summed E-state index contributed by atoms with van der Waals surface area (Å²) < 4.78 is 32.6. The van der Waals surface area contributed by atoms with Gasteiger partial charge < -0.3 is 20.1 Å². The molecule has 0 aromatic rings. The zero-order chi connectivity index (χ0) is 34.7. The van der Waals surface area contributed by atoms with Crippen LogP contribution in [0, 0.1) is 0 Å². The van der Waals surface area contributed by atoms with Crippen LogP contribution in [0.5, 0.6) is 0 Å². The Hall–Kier alpha value is -1.25. The Bertz CT molecular complexity index is 794. The van der Waals surface area contributed by atoms with Gasteiger partial charge in [-0.25, -0.2) is 4.57 Å². The van der Waals surface area contributed by atoms with Crippen LogP contribution < -0.4 is 5.73 Å². The Morgan fingerprint density at radius 2 is 1.04 bits per heavy atom. The highest BCUT2D eigenvalue weighted by Crippen LogP contribution is 2.43. The maximum absolute atomic E-state index is 12.5. The average Bonchev–Trinajstić information content (AvgIpc) is 3.05. The molecular formula is C37H72NO8P. The fraction of sp³-hybridized carbons (Fsp3) is 0.892. The average molecular weight is 690 g/mol. The van der Waals surface area contributed by atoms with E-state index in [1.165, 1.54) is 96.3 Å². The van der Waals surface area contributed by atoms with E-state index in [0.29, 0.717) is 6.42 Å². The van der Waals surface area contributed by atoms with Crippen LogP contribution in [0.4, 0.5) is 0 Å². The molecule has 0 rings (SSSR count). The molecule has 0 spiro atoms. The third kappa shape index (κ3) is 34.4. The Kier molecular flexibility index (Phi) is 33.7. The highest BCUT2D eigenvalue weighted by molar-refractivity contribution is 7.47. The number of rotatable bonds is 36. The van der Waals surface area contributed by atoms with Crippen molar-refractivity contribution in [3.63, 3.8) is 0 Å². The molecule has 0 aliphatic rings. The normalized spacial score (nSPS) is 13.5. The molecule has 2 atom stereocenters. The van der Waals surface area contributed by atoms with Gasteiger partial charge >= 0.3 is 19.8 Å². The first-order valence-electron chi connectivity index (χ1n) is 19.2. The number of phosphoric ester groups is 1. The summed E-state index contributed by atoms with van der Waals surface area (Å²) in [7, 11) is -4.36. The maximum Gasteiger partial charge on any atom is 0.472 e. The summed E-state index contributed by atoms with van der Waals surface area (Å²) in [6.07, 6.45) is 32.3. The molecule has 0 aliphatic heterocycles. The minimum atomic E-state index is -4.36. The molecule has 0 heterocycles. The standard InChI is InChI=1S/C37H72NO8P/c1-3-5-7-9-11-13-15-17-19-21-23-25-27-29-36(39)43-33-35(34-45-47(41,42)44-32-31-38)46-37(40)30-28-26-24-22-20-18-16-14-12-10-8-6-4-2/h13,15,35H,3-12,14,16-34,38H2,1-2H3,(H,41,42)/b15-13+/t35-/m1/s1. The zero-order valence-electron chi connectivity index (χ0n) is 30.3. The number of carbonyl (C=O) groups excluding carboxylic acids is 2. The number of allylic oxidation sites excluding steroid dienone is 2. The van der Waals surface area contributed by atoms with Gasteiger partial charge in [0.25, 0.3) is 0 Å². The van der Waals surface area contributed by atoms with Crippen molar-refractivity contribution in [3.05, 3.63) is 12.2 Å². The largest absolute Gasteiger partial charge is 0.472 e. The van der Waals surface area contributed by atoms with E-state index in [4.69, 9.17) is 24.3 Å². The summed E-state index contributed by atoms with van der Waals surface area (Å²) in [6, 6.07) is 0. The topological polar surface area (TPSA) is 134 Å². The third-order valence-electron chi connectivity index (χ3n) is 8.15. The summed E-state index contributed by atoms with van der Waals surface area (Å²) in [4.78, 5) is 34.7. The summed E-state index contributed by atoms with van der Waals surface area (Å²) >= 11 is 0. The Morgan fingerprint density at radius 3 is 1.53 bits per heavy atom. The van der Waals surface area contributed by atoms with Gasteiger partial charge in [0.1, 0.15) is 6.61 Å². The molecule has 0 fully saturated rings. The summed E-state index contributed by atoms with van der Waals surface area (Å²) in [6.45, 7) is 3.71. The van der Waals surface area contributed by atoms with E-state index in [1.54, 1.807) is 0 Å². The van der Waals surface area contributed by atoms with Crippen molar-refractivity contribution in [2.45, 2.75) is 187 Å². The van der Waals surface area contributed by atoms with E-state index in [2.05, 4.69) is 26.0 Å². The van der Waals surface area contributed by atoms with Crippen LogP contribution in [0.3, 0.4) is 0 Å². The van der Waals surface area contributed by atoms with Crippen molar-refractivity contribution >= 4 is 19.8 Å². The predicted molar refractivity (Wildman–Crippen MR) is 192 cm³/mol. The monoisotopic (exact) mass is 689 g/mol. The van der Waals surface area contributed by atoms with E-state index >= 15 is 0 Å². The Balaban J connectivity index is 4.22. The second kappa shape index (κ2) is 34.6. The number of hydrogen-bond donors (Lipinski definition) is 2. The number of nitrogens with two attached hydrogens (primary N) is 1. The van der Waals surface area contributed by atoms with Crippen LogP contribution in [0.1, 0.15) is 181 Å². The first-order chi connectivity index (χ1) is 22.8. The molecule has 278 valence electrons. The van der Waals surface area contributed by atoms with E-state index in [9.17, 15) is 19.0 Å². The van der Waals surface area contributed by atoms with Crippen LogP contribution in [0.15, 0.2) is 12.2 Å². The van der Waals surface area contributed by atoms with Crippen LogP contribution in [0.25, 0.3) is 0 Å². The second-order valence-electron chi connectivity index (χ2n) is 12.8. The molecular weight excluding hydrogens is 617 g/mol. The van der Waals surface area contributed by atoms with Gasteiger partial charge in [0, 0.05) is 19.4 Å². The van der Waals surface area contributed by atoms with Gasteiger partial charge in [0.2, 0.25) is 0 Å². The van der Waals surface area contributed by atoms with Crippen LogP contribution in [0.2, 0.25) is 0 Å². The minimum Gasteiger partial charge on any atom is -0.462 e. The molecule has 0 bridgehead atoms. The fourth-order valence-corrected chi connectivity index (χ4v) is 6.04. The summed E-state index contributed by atoms with van der Waals surface area (Å²) in [5.41, 5.74) is 5.33. The lowest BCUT2D eigenvalue weighted by Gasteiger charge is -2.19. The van der Waals surface area contributed by atoms with Crippen LogP contribution >= 0.6 is 7.82 Å². The quantitative estimate of drug-likeness (QED) is 0.0285. The molecule has 3 N–H and O–H groups in total. The molecule has 0 saturated heterocycles. The molecule has 0 saturated carbocycles. The lowest BCUT2D eigenvalue weighted by Crippen LogP contribution is -2.29. The van der Waals surface area contributed by atoms with Gasteiger partial charge in [-0.1, -0.05) is 142 Å². The Morgan fingerprint density at radius 1 is 0.617 bits per heavy atom. The van der Waals surface area contributed by atoms with Gasteiger partial charge in [-0.15, -0.1) is 0 Å². The molecule has 0 aromatic carbocycles. The molecule has 1 unspecified atom stereocenters. The van der Waals surface area contributed by atoms with Crippen LogP contribution in [-0.4, -0.2) is 49.3 Å². The Labute approximate surface area is 288 Å². The van der Waals surface area contributed by atoms with Crippen molar-refractivity contribution in [1.82, 2.24) is 0 Å². The molecule has 0 radical (unpaired) electrons. The minimum absolute atomic E-state index is 0.0549. The SMILES string of the molecule is CCCCCC/C=C/CCCCCCCC(=O)OC[C@H](COP(=O)(O)OCCN)OC(=O)CCCCCCCCCCCCCCC. The highest BCUT2D eigenvalue weighted by atomic mass is 31.2. The lowest BCUT2D eigenvalue weighted by molar-refractivity contribution is -0.161. The van der Waals surface area contributed by atoms with E-state index in [-0.39, 0.29) is 38.6 Å². The van der Waals surface area contributed by atoms with Crippen LogP contribution in [-0.2, 0) is 32.7 Å². The van der Waals surface area contributed by atoms with Crippen molar-refractivity contribution < 1.29 is 37.6 Å². The van der Waals surface area contributed by atoms with Gasteiger partial charge in [0.05, 0.1) is 13.2 Å². The van der Waals surface area contributed by atoms with Gasteiger partial charge in [-0.2, -0.15) is 0 Å². The van der Waals surface area contributed by atoms with Crippen molar-refractivity contribution in [1.29, 1.82) is 0 Å².